The van der Waals surface area contributed by atoms with E-state index in [2.05, 4.69) is 15.1 Å². The lowest BCUT2D eigenvalue weighted by Crippen LogP contribution is -1.97. The van der Waals surface area contributed by atoms with Crippen LogP contribution in [0.25, 0.3) is 16.7 Å². The van der Waals surface area contributed by atoms with Gasteiger partial charge in [0.15, 0.2) is 5.16 Å². The first-order valence-corrected chi connectivity index (χ1v) is 6.87. The van der Waals surface area contributed by atoms with Gasteiger partial charge in [0, 0.05) is 17.8 Å². The maximum atomic E-state index is 10.8. The van der Waals surface area contributed by atoms with Crippen molar-refractivity contribution in [2.45, 2.75) is 5.16 Å². The SMILES string of the molecule is CSc1nccc(-n2ccc3c(N=O)cccc32)n1. The molecule has 0 spiro atoms. The first kappa shape index (κ1) is 11.9. The van der Waals surface area contributed by atoms with Gasteiger partial charge in [-0.05, 0) is 35.7 Å². The highest BCUT2D eigenvalue weighted by molar-refractivity contribution is 7.98. The van der Waals surface area contributed by atoms with Crippen LogP contribution in [-0.2, 0) is 0 Å². The van der Waals surface area contributed by atoms with E-state index in [-0.39, 0.29) is 0 Å². The average molecular weight is 270 g/mol. The molecular weight excluding hydrogens is 260 g/mol. The molecule has 5 nitrogen and oxygen atoms in total. The molecule has 19 heavy (non-hydrogen) atoms. The smallest absolute Gasteiger partial charge is 0.189 e. The van der Waals surface area contributed by atoms with Crippen molar-refractivity contribution in [3.8, 4) is 5.82 Å². The second-order valence-electron chi connectivity index (χ2n) is 3.89. The minimum absolute atomic E-state index is 0.440. The molecule has 0 fully saturated rings. The van der Waals surface area contributed by atoms with Gasteiger partial charge >= 0.3 is 0 Å². The van der Waals surface area contributed by atoms with Gasteiger partial charge in [0.25, 0.3) is 0 Å². The monoisotopic (exact) mass is 270 g/mol. The molecule has 1 aromatic carbocycles. The van der Waals surface area contributed by atoms with Crippen LogP contribution in [0.5, 0.6) is 0 Å². The van der Waals surface area contributed by atoms with Crippen molar-refractivity contribution >= 4 is 28.4 Å². The Labute approximate surface area is 113 Å². The Morgan fingerprint density at radius 1 is 1.26 bits per heavy atom. The minimum atomic E-state index is 0.440. The van der Waals surface area contributed by atoms with Crippen molar-refractivity contribution in [2.75, 3.05) is 6.26 Å². The predicted octanol–water partition coefficient (Wildman–Crippen LogP) is 3.54. The van der Waals surface area contributed by atoms with Gasteiger partial charge in [0.1, 0.15) is 11.5 Å². The second-order valence-corrected chi connectivity index (χ2v) is 4.66. The van der Waals surface area contributed by atoms with Crippen LogP contribution < -0.4 is 0 Å². The van der Waals surface area contributed by atoms with Gasteiger partial charge in [-0.1, -0.05) is 17.8 Å². The molecule has 0 radical (unpaired) electrons. The predicted molar refractivity (Wildman–Crippen MR) is 76.1 cm³/mol. The van der Waals surface area contributed by atoms with Crippen LogP contribution in [-0.4, -0.2) is 20.8 Å². The van der Waals surface area contributed by atoms with E-state index in [1.165, 1.54) is 11.8 Å². The third-order valence-electron chi connectivity index (χ3n) is 2.86. The summed E-state index contributed by atoms with van der Waals surface area (Å²) in [7, 11) is 0. The molecule has 2 aromatic heterocycles. The lowest BCUT2D eigenvalue weighted by atomic mass is 10.2. The maximum absolute atomic E-state index is 10.8. The molecule has 0 aliphatic carbocycles. The fourth-order valence-corrected chi connectivity index (χ4v) is 2.35. The molecule has 0 unspecified atom stereocenters. The Hall–Kier alpha value is -2.21. The van der Waals surface area contributed by atoms with Gasteiger partial charge in [0.05, 0.1) is 5.52 Å². The summed E-state index contributed by atoms with van der Waals surface area (Å²) in [6.07, 6.45) is 5.54. The zero-order chi connectivity index (χ0) is 13.2. The summed E-state index contributed by atoms with van der Waals surface area (Å²) in [5, 5.41) is 4.57. The molecule has 3 aromatic rings. The van der Waals surface area contributed by atoms with Crippen molar-refractivity contribution in [1.82, 2.24) is 14.5 Å². The summed E-state index contributed by atoms with van der Waals surface area (Å²) < 4.78 is 1.92. The Bertz CT molecular complexity index is 753. The molecule has 2 heterocycles. The molecule has 94 valence electrons. The normalized spacial score (nSPS) is 10.8. The third kappa shape index (κ3) is 2.00. The average Bonchev–Trinajstić information content (AvgIpc) is 2.91. The summed E-state index contributed by atoms with van der Waals surface area (Å²) in [5.41, 5.74) is 1.35. The number of benzene rings is 1. The van der Waals surface area contributed by atoms with Crippen LogP contribution in [0.1, 0.15) is 0 Å². The molecular formula is C13H10N4OS. The topological polar surface area (TPSA) is 60.1 Å². The number of nitrogens with zero attached hydrogens (tertiary/aromatic N) is 4. The van der Waals surface area contributed by atoms with Crippen LogP contribution in [0.2, 0.25) is 0 Å². The van der Waals surface area contributed by atoms with Crippen LogP contribution in [0.3, 0.4) is 0 Å². The number of rotatable bonds is 3. The summed E-state index contributed by atoms with van der Waals surface area (Å²) >= 11 is 1.49. The fraction of sp³-hybridized carbons (Fsp3) is 0.0769. The largest absolute Gasteiger partial charge is 0.301 e. The molecule has 0 aliphatic rings. The van der Waals surface area contributed by atoms with Crippen molar-refractivity contribution in [3.63, 3.8) is 0 Å². The van der Waals surface area contributed by atoms with Crippen molar-refractivity contribution < 1.29 is 0 Å². The molecule has 3 rings (SSSR count). The van der Waals surface area contributed by atoms with E-state index in [9.17, 15) is 4.91 Å². The van der Waals surface area contributed by atoms with Gasteiger partial charge in [-0.25, -0.2) is 9.97 Å². The number of thioether (sulfide) groups is 1. The van der Waals surface area contributed by atoms with Crippen molar-refractivity contribution in [1.29, 1.82) is 0 Å². The number of nitroso groups, excluding NO2 is 1. The van der Waals surface area contributed by atoms with Crippen LogP contribution in [0.15, 0.2) is 53.1 Å². The van der Waals surface area contributed by atoms with E-state index in [0.717, 1.165) is 16.7 Å². The molecule has 0 atom stereocenters. The van der Waals surface area contributed by atoms with Gasteiger partial charge in [-0.15, -0.1) is 4.91 Å². The summed E-state index contributed by atoms with van der Waals surface area (Å²) in [6.45, 7) is 0. The Morgan fingerprint density at radius 2 is 2.16 bits per heavy atom. The standard InChI is InChI=1S/C13H10N4OS/c1-19-13-14-7-5-12(15-13)17-8-6-9-10(16-18)3-2-4-11(9)17/h2-8H,1H3. The zero-order valence-electron chi connectivity index (χ0n) is 10.1. The highest BCUT2D eigenvalue weighted by Crippen LogP contribution is 2.28. The summed E-state index contributed by atoms with van der Waals surface area (Å²) in [4.78, 5) is 19.4. The lowest BCUT2D eigenvalue weighted by molar-refractivity contribution is 0.908. The molecule has 0 saturated heterocycles. The highest BCUT2D eigenvalue weighted by Gasteiger charge is 2.08. The van der Waals surface area contributed by atoms with Gasteiger partial charge in [-0.2, -0.15) is 0 Å². The maximum Gasteiger partial charge on any atom is 0.189 e. The van der Waals surface area contributed by atoms with Crippen molar-refractivity contribution in [3.05, 3.63) is 47.6 Å². The van der Waals surface area contributed by atoms with E-state index < -0.39 is 0 Å². The molecule has 0 aliphatic heterocycles. The van der Waals surface area contributed by atoms with E-state index >= 15 is 0 Å². The first-order chi connectivity index (χ1) is 9.33. The van der Waals surface area contributed by atoms with Gasteiger partial charge in [0.2, 0.25) is 0 Å². The highest BCUT2D eigenvalue weighted by atomic mass is 32.2. The van der Waals surface area contributed by atoms with E-state index in [1.54, 1.807) is 12.3 Å². The van der Waals surface area contributed by atoms with Crippen LogP contribution >= 0.6 is 11.8 Å². The van der Waals surface area contributed by atoms with Crippen molar-refractivity contribution in [2.24, 2.45) is 5.18 Å². The van der Waals surface area contributed by atoms with Crippen LogP contribution in [0, 0.1) is 4.91 Å². The van der Waals surface area contributed by atoms with E-state index in [1.807, 2.05) is 41.3 Å². The first-order valence-electron chi connectivity index (χ1n) is 5.64. The lowest BCUT2D eigenvalue weighted by Gasteiger charge is -2.05. The zero-order valence-corrected chi connectivity index (χ0v) is 11.0. The van der Waals surface area contributed by atoms with Gasteiger partial charge < -0.3 is 4.57 Å². The summed E-state index contributed by atoms with van der Waals surface area (Å²) in [5.74, 6) is 0.775. The molecule has 6 heteroatoms. The minimum Gasteiger partial charge on any atom is -0.301 e. The van der Waals surface area contributed by atoms with E-state index in [4.69, 9.17) is 0 Å². The number of aromatic nitrogens is 3. The second kappa shape index (κ2) is 4.81. The quantitative estimate of drug-likeness (QED) is 0.415. The van der Waals surface area contributed by atoms with Gasteiger partial charge in [-0.3, -0.25) is 0 Å². The molecule has 0 amide bonds. The van der Waals surface area contributed by atoms with E-state index in [0.29, 0.717) is 10.8 Å². The number of fused-ring (bicyclic) bond motifs is 1. The molecule has 0 saturated carbocycles. The number of hydrogen-bond donors (Lipinski definition) is 0. The molecule has 0 bridgehead atoms. The van der Waals surface area contributed by atoms with Crippen LogP contribution in [0.4, 0.5) is 5.69 Å². The summed E-state index contributed by atoms with van der Waals surface area (Å²) in [6, 6.07) is 9.15. The molecule has 0 N–H and O–H groups in total. The fourth-order valence-electron chi connectivity index (χ4n) is 2.00. The third-order valence-corrected chi connectivity index (χ3v) is 3.42. The number of hydrogen-bond acceptors (Lipinski definition) is 5. The Kier molecular flexibility index (Phi) is 3.00. The Morgan fingerprint density at radius 3 is 2.95 bits per heavy atom. The Balaban J connectivity index is 2.22.